The Hall–Kier alpha value is -0.680. The Morgan fingerprint density at radius 2 is 2.22 bits per heavy atom. The van der Waals surface area contributed by atoms with Crippen LogP contribution in [0.5, 0.6) is 0 Å². The van der Waals surface area contributed by atoms with Crippen molar-refractivity contribution in [2.45, 2.75) is 31.9 Å². The summed E-state index contributed by atoms with van der Waals surface area (Å²) in [5.41, 5.74) is 7.36. The summed E-state index contributed by atoms with van der Waals surface area (Å²) >= 11 is 3.47. The maximum absolute atomic E-state index is 6.15. The molecule has 2 nitrogen and oxygen atoms in total. The van der Waals surface area contributed by atoms with Gasteiger partial charge in [-0.3, -0.25) is 0 Å². The summed E-state index contributed by atoms with van der Waals surface area (Å²) < 4.78 is 6.00. The molecule has 2 unspecified atom stereocenters. The summed E-state index contributed by atoms with van der Waals surface area (Å²) in [4.78, 5) is 1.36. The van der Waals surface area contributed by atoms with E-state index in [0.29, 0.717) is 0 Å². The SMILES string of the molecule is CCC(N)C(OCCc1cccs1)c1ccsc1. The first-order valence-electron chi connectivity index (χ1n) is 6.23. The van der Waals surface area contributed by atoms with E-state index >= 15 is 0 Å². The van der Waals surface area contributed by atoms with Gasteiger partial charge in [0.05, 0.1) is 12.7 Å². The van der Waals surface area contributed by atoms with E-state index < -0.39 is 0 Å². The number of thiophene rings is 2. The number of nitrogens with two attached hydrogens (primary N) is 1. The van der Waals surface area contributed by atoms with Crippen molar-refractivity contribution < 1.29 is 4.74 Å². The van der Waals surface area contributed by atoms with Crippen LogP contribution in [0.2, 0.25) is 0 Å². The third-order valence-corrected chi connectivity index (χ3v) is 4.60. The quantitative estimate of drug-likeness (QED) is 0.836. The van der Waals surface area contributed by atoms with Gasteiger partial charge in [0.15, 0.2) is 0 Å². The lowest BCUT2D eigenvalue weighted by molar-refractivity contribution is 0.0360. The monoisotopic (exact) mass is 281 g/mol. The molecule has 2 rings (SSSR count). The van der Waals surface area contributed by atoms with Gasteiger partial charge in [0.25, 0.3) is 0 Å². The van der Waals surface area contributed by atoms with Crippen molar-refractivity contribution in [3.05, 3.63) is 44.8 Å². The molecule has 2 N–H and O–H groups in total. The molecule has 0 amide bonds. The molecule has 4 heteroatoms. The first kappa shape index (κ1) is 13.7. The van der Waals surface area contributed by atoms with Crippen molar-refractivity contribution in [3.63, 3.8) is 0 Å². The van der Waals surface area contributed by atoms with Crippen LogP contribution in [0.3, 0.4) is 0 Å². The van der Waals surface area contributed by atoms with E-state index in [1.54, 1.807) is 22.7 Å². The van der Waals surface area contributed by atoms with E-state index in [9.17, 15) is 0 Å². The van der Waals surface area contributed by atoms with Crippen LogP contribution < -0.4 is 5.73 Å². The van der Waals surface area contributed by atoms with Crippen LogP contribution in [0, 0.1) is 0 Å². The molecule has 0 saturated heterocycles. The fourth-order valence-corrected chi connectivity index (χ4v) is 3.23. The molecule has 0 aromatic carbocycles. The fraction of sp³-hybridized carbons (Fsp3) is 0.429. The van der Waals surface area contributed by atoms with E-state index in [1.807, 2.05) is 0 Å². The van der Waals surface area contributed by atoms with Crippen molar-refractivity contribution >= 4 is 22.7 Å². The van der Waals surface area contributed by atoms with E-state index in [2.05, 4.69) is 41.3 Å². The van der Waals surface area contributed by atoms with E-state index in [-0.39, 0.29) is 12.1 Å². The highest BCUT2D eigenvalue weighted by Crippen LogP contribution is 2.24. The lowest BCUT2D eigenvalue weighted by Gasteiger charge is -2.22. The molecule has 2 aromatic rings. The Balaban J connectivity index is 1.90. The largest absolute Gasteiger partial charge is 0.371 e. The van der Waals surface area contributed by atoms with Crippen molar-refractivity contribution in [2.75, 3.05) is 6.61 Å². The Kier molecular flexibility index (Phi) is 5.38. The maximum Gasteiger partial charge on any atom is 0.0983 e. The minimum atomic E-state index is 0.0289. The minimum Gasteiger partial charge on any atom is -0.371 e. The molecule has 2 aromatic heterocycles. The average Bonchev–Trinajstić information content (AvgIpc) is 3.06. The van der Waals surface area contributed by atoms with Gasteiger partial charge in [0.1, 0.15) is 0 Å². The predicted octanol–water partition coefficient (Wildman–Crippen LogP) is 3.85. The van der Waals surface area contributed by atoms with Gasteiger partial charge < -0.3 is 10.5 Å². The highest BCUT2D eigenvalue weighted by Gasteiger charge is 2.19. The molecule has 18 heavy (non-hydrogen) atoms. The smallest absolute Gasteiger partial charge is 0.0983 e. The molecule has 98 valence electrons. The molecule has 0 fully saturated rings. The van der Waals surface area contributed by atoms with E-state index in [1.165, 1.54) is 10.4 Å². The second kappa shape index (κ2) is 7.04. The Morgan fingerprint density at radius 3 is 2.83 bits per heavy atom. The third kappa shape index (κ3) is 3.65. The van der Waals surface area contributed by atoms with Gasteiger partial charge in [-0.15, -0.1) is 11.3 Å². The fourth-order valence-electron chi connectivity index (χ4n) is 1.86. The zero-order chi connectivity index (χ0) is 12.8. The van der Waals surface area contributed by atoms with Crippen LogP contribution in [0.15, 0.2) is 34.3 Å². The van der Waals surface area contributed by atoms with Gasteiger partial charge in [-0.2, -0.15) is 11.3 Å². The van der Waals surface area contributed by atoms with E-state index in [0.717, 1.165) is 19.4 Å². The summed E-state index contributed by atoms with van der Waals surface area (Å²) in [6, 6.07) is 6.40. The van der Waals surface area contributed by atoms with Crippen LogP contribution in [-0.2, 0) is 11.2 Å². The third-order valence-electron chi connectivity index (χ3n) is 2.96. The van der Waals surface area contributed by atoms with Crippen molar-refractivity contribution in [3.8, 4) is 0 Å². The standard InChI is InChI=1S/C14H19NOS2/c1-2-13(15)14(11-6-9-17-10-11)16-7-5-12-4-3-8-18-12/h3-4,6,8-10,13-14H,2,5,7,15H2,1H3. The van der Waals surface area contributed by atoms with Gasteiger partial charge in [-0.05, 0) is 40.3 Å². The van der Waals surface area contributed by atoms with Gasteiger partial charge in [-0.25, -0.2) is 0 Å². The molecular formula is C14H19NOS2. The number of hydrogen-bond donors (Lipinski definition) is 1. The molecule has 0 aliphatic heterocycles. The molecule has 2 atom stereocenters. The first-order valence-corrected chi connectivity index (χ1v) is 8.05. The van der Waals surface area contributed by atoms with Crippen molar-refractivity contribution in [1.29, 1.82) is 0 Å². The van der Waals surface area contributed by atoms with Crippen molar-refractivity contribution in [2.24, 2.45) is 5.73 Å². The maximum atomic E-state index is 6.15. The highest BCUT2D eigenvalue weighted by molar-refractivity contribution is 7.09. The summed E-state index contributed by atoms with van der Waals surface area (Å²) in [5, 5.41) is 6.31. The molecule has 0 radical (unpaired) electrons. The van der Waals surface area contributed by atoms with Crippen LogP contribution >= 0.6 is 22.7 Å². The second-order valence-electron chi connectivity index (χ2n) is 4.25. The highest BCUT2D eigenvalue weighted by atomic mass is 32.1. The molecular weight excluding hydrogens is 262 g/mol. The zero-order valence-corrected chi connectivity index (χ0v) is 12.2. The molecule has 0 aliphatic rings. The van der Waals surface area contributed by atoms with Gasteiger partial charge in [0.2, 0.25) is 0 Å². The first-order chi connectivity index (χ1) is 8.81. The Bertz CT molecular complexity index is 425. The molecule has 0 aliphatic carbocycles. The number of hydrogen-bond acceptors (Lipinski definition) is 4. The zero-order valence-electron chi connectivity index (χ0n) is 10.5. The topological polar surface area (TPSA) is 35.2 Å². The molecule has 0 spiro atoms. The van der Waals surface area contributed by atoms with Crippen LogP contribution in [0.1, 0.15) is 29.9 Å². The Labute approximate surface area is 116 Å². The lowest BCUT2D eigenvalue weighted by atomic mass is 10.0. The minimum absolute atomic E-state index is 0.0289. The normalized spacial score (nSPS) is 14.6. The Morgan fingerprint density at radius 1 is 1.33 bits per heavy atom. The molecule has 0 bridgehead atoms. The van der Waals surface area contributed by atoms with Crippen LogP contribution in [0.25, 0.3) is 0 Å². The van der Waals surface area contributed by atoms with Gasteiger partial charge in [-0.1, -0.05) is 13.0 Å². The van der Waals surface area contributed by atoms with Crippen LogP contribution in [-0.4, -0.2) is 12.6 Å². The summed E-state index contributed by atoms with van der Waals surface area (Å²) in [6.07, 6.45) is 1.93. The molecule has 0 saturated carbocycles. The summed E-state index contributed by atoms with van der Waals surface area (Å²) in [6.45, 7) is 2.83. The average molecular weight is 281 g/mol. The van der Waals surface area contributed by atoms with Crippen LogP contribution in [0.4, 0.5) is 0 Å². The lowest BCUT2D eigenvalue weighted by Crippen LogP contribution is -2.29. The van der Waals surface area contributed by atoms with Gasteiger partial charge in [0, 0.05) is 17.3 Å². The predicted molar refractivity (Wildman–Crippen MR) is 79.3 cm³/mol. The second-order valence-corrected chi connectivity index (χ2v) is 6.06. The van der Waals surface area contributed by atoms with Gasteiger partial charge >= 0.3 is 0 Å². The molecule has 2 heterocycles. The summed E-state index contributed by atoms with van der Waals surface area (Å²) in [7, 11) is 0. The number of rotatable bonds is 7. The van der Waals surface area contributed by atoms with Crippen molar-refractivity contribution in [1.82, 2.24) is 0 Å². The summed E-state index contributed by atoms with van der Waals surface area (Å²) in [5.74, 6) is 0. The van der Waals surface area contributed by atoms with E-state index in [4.69, 9.17) is 10.5 Å². The number of ether oxygens (including phenoxy) is 1.